The standard InChI is InChI=1S/C23H22FN5O3/c1-16-2-4-17(5-3-16)22-12-29(27-26-22)11-19-13-31-23(32-19,14-28-9-8-25-15-28)20-7-6-18(30)10-21(20)24/h2-10,12,15,19,30H,11,13-14H2,1H3/t19-,23-/m0/s1. The first-order chi connectivity index (χ1) is 15.5. The van der Waals surface area contributed by atoms with Gasteiger partial charge in [-0.2, -0.15) is 0 Å². The zero-order valence-electron chi connectivity index (χ0n) is 17.4. The minimum Gasteiger partial charge on any atom is -0.508 e. The summed E-state index contributed by atoms with van der Waals surface area (Å²) in [7, 11) is 0. The van der Waals surface area contributed by atoms with Gasteiger partial charge in [-0.15, -0.1) is 5.10 Å². The molecule has 3 heterocycles. The zero-order chi connectivity index (χ0) is 22.1. The van der Waals surface area contributed by atoms with Gasteiger partial charge in [-0.05, 0) is 19.1 Å². The van der Waals surface area contributed by atoms with Crippen molar-refractivity contribution in [3.8, 4) is 17.0 Å². The molecular formula is C23H22FN5O3. The molecule has 1 N–H and O–H groups in total. The lowest BCUT2D eigenvalue weighted by atomic mass is 10.0. The van der Waals surface area contributed by atoms with E-state index in [-0.39, 0.29) is 30.6 Å². The molecule has 0 aliphatic carbocycles. The summed E-state index contributed by atoms with van der Waals surface area (Å²) >= 11 is 0. The summed E-state index contributed by atoms with van der Waals surface area (Å²) in [5.41, 5.74) is 3.13. The van der Waals surface area contributed by atoms with Gasteiger partial charge in [0.15, 0.2) is 0 Å². The Morgan fingerprint density at radius 2 is 2.06 bits per heavy atom. The van der Waals surface area contributed by atoms with Crippen LogP contribution >= 0.6 is 0 Å². The van der Waals surface area contributed by atoms with Crippen LogP contribution in [0.4, 0.5) is 4.39 Å². The first kappa shape index (κ1) is 20.3. The normalized spacial score (nSPS) is 20.6. The van der Waals surface area contributed by atoms with Gasteiger partial charge in [0, 0.05) is 29.6 Å². The monoisotopic (exact) mass is 435 g/mol. The van der Waals surface area contributed by atoms with Crippen molar-refractivity contribution in [3.63, 3.8) is 0 Å². The third kappa shape index (κ3) is 4.00. The fraction of sp³-hybridized carbons (Fsp3) is 0.261. The van der Waals surface area contributed by atoms with E-state index in [0.29, 0.717) is 6.54 Å². The quantitative estimate of drug-likeness (QED) is 0.500. The molecule has 9 heteroatoms. The Labute approximate surface area is 183 Å². The van der Waals surface area contributed by atoms with Crippen molar-refractivity contribution in [2.24, 2.45) is 0 Å². The van der Waals surface area contributed by atoms with Gasteiger partial charge >= 0.3 is 0 Å². The second-order valence-electron chi connectivity index (χ2n) is 7.89. The molecule has 0 saturated carbocycles. The Kier molecular flexibility index (Phi) is 5.20. The van der Waals surface area contributed by atoms with Crippen molar-refractivity contribution in [1.29, 1.82) is 0 Å². The molecule has 0 radical (unpaired) electrons. The van der Waals surface area contributed by atoms with Crippen LogP contribution in [-0.2, 0) is 28.4 Å². The van der Waals surface area contributed by atoms with Gasteiger partial charge < -0.3 is 19.1 Å². The van der Waals surface area contributed by atoms with Crippen LogP contribution in [0.2, 0.25) is 0 Å². The van der Waals surface area contributed by atoms with Crippen LogP contribution in [-0.4, -0.2) is 42.4 Å². The van der Waals surface area contributed by atoms with Gasteiger partial charge in [0.1, 0.15) is 23.4 Å². The van der Waals surface area contributed by atoms with E-state index in [2.05, 4.69) is 15.3 Å². The highest BCUT2D eigenvalue weighted by Crippen LogP contribution is 2.38. The molecule has 2 aromatic heterocycles. The topological polar surface area (TPSA) is 87.2 Å². The average molecular weight is 435 g/mol. The first-order valence-corrected chi connectivity index (χ1v) is 10.2. The van der Waals surface area contributed by atoms with Crippen LogP contribution in [0.1, 0.15) is 11.1 Å². The predicted octanol–water partition coefficient (Wildman–Crippen LogP) is 3.26. The smallest absolute Gasteiger partial charge is 0.216 e. The van der Waals surface area contributed by atoms with E-state index in [1.54, 1.807) is 28.0 Å². The Morgan fingerprint density at radius 1 is 1.22 bits per heavy atom. The summed E-state index contributed by atoms with van der Waals surface area (Å²) in [6.45, 7) is 2.88. The molecule has 0 unspecified atom stereocenters. The molecule has 0 amide bonds. The maximum absolute atomic E-state index is 14.8. The highest BCUT2D eigenvalue weighted by atomic mass is 19.1. The molecule has 8 nitrogen and oxygen atoms in total. The SMILES string of the molecule is Cc1ccc(-c2cn(C[C@H]3CO[C@](Cn4ccnc4)(c4ccc(O)cc4F)O3)nn2)cc1. The van der Waals surface area contributed by atoms with Crippen LogP contribution in [0, 0.1) is 12.7 Å². The number of phenolic OH excluding ortho intramolecular Hbond substituents is 1. The fourth-order valence-electron chi connectivity index (χ4n) is 3.85. The zero-order valence-corrected chi connectivity index (χ0v) is 17.4. The molecule has 5 rings (SSSR count). The molecule has 1 fully saturated rings. The summed E-state index contributed by atoms with van der Waals surface area (Å²) in [5.74, 6) is -2.12. The highest BCUT2D eigenvalue weighted by Gasteiger charge is 2.45. The van der Waals surface area contributed by atoms with Gasteiger partial charge in [-0.25, -0.2) is 14.1 Å². The summed E-state index contributed by atoms with van der Waals surface area (Å²) in [6.07, 6.45) is 6.48. The van der Waals surface area contributed by atoms with E-state index in [0.717, 1.165) is 17.3 Å². The molecular weight excluding hydrogens is 413 g/mol. The third-order valence-corrected chi connectivity index (χ3v) is 5.45. The number of benzene rings is 2. The highest BCUT2D eigenvalue weighted by molar-refractivity contribution is 5.57. The lowest BCUT2D eigenvalue weighted by Gasteiger charge is -2.29. The number of imidazole rings is 1. The van der Waals surface area contributed by atoms with Gasteiger partial charge in [-0.1, -0.05) is 35.0 Å². The number of ether oxygens (including phenoxy) is 2. The number of halogens is 1. The van der Waals surface area contributed by atoms with Crippen LogP contribution in [0.3, 0.4) is 0 Å². The summed E-state index contributed by atoms with van der Waals surface area (Å²) in [5, 5.41) is 18.1. The Bertz CT molecular complexity index is 1210. The molecule has 2 aromatic carbocycles. The third-order valence-electron chi connectivity index (χ3n) is 5.45. The van der Waals surface area contributed by atoms with Gasteiger partial charge in [-0.3, -0.25) is 0 Å². The van der Waals surface area contributed by atoms with E-state index in [9.17, 15) is 9.50 Å². The molecule has 0 spiro atoms. The summed E-state index contributed by atoms with van der Waals surface area (Å²) < 4.78 is 30.6. The number of hydrogen-bond donors (Lipinski definition) is 1. The second kappa shape index (κ2) is 8.18. The van der Waals surface area contributed by atoms with Crippen LogP contribution in [0.5, 0.6) is 5.75 Å². The molecule has 1 aliphatic rings. The number of phenols is 1. The van der Waals surface area contributed by atoms with Crippen molar-refractivity contribution >= 4 is 0 Å². The largest absolute Gasteiger partial charge is 0.508 e. The summed E-state index contributed by atoms with van der Waals surface area (Å²) in [6, 6.07) is 12.0. The number of aromatic hydroxyl groups is 1. The molecule has 32 heavy (non-hydrogen) atoms. The summed E-state index contributed by atoms with van der Waals surface area (Å²) in [4.78, 5) is 4.04. The molecule has 1 saturated heterocycles. The van der Waals surface area contributed by atoms with E-state index in [4.69, 9.17) is 9.47 Å². The van der Waals surface area contributed by atoms with Crippen LogP contribution in [0.15, 0.2) is 67.4 Å². The van der Waals surface area contributed by atoms with Crippen molar-refractivity contribution in [2.45, 2.75) is 31.9 Å². The minimum absolute atomic E-state index is 0.162. The van der Waals surface area contributed by atoms with Crippen molar-refractivity contribution in [3.05, 3.63) is 84.3 Å². The number of aromatic nitrogens is 5. The maximum Gasteiger partial charge on any atom is 0.216 e. The van der Waals surface area contributed by atoms with Gasteiger partial charge in [0.2, 0.25) is 5.79 Å². The minimum atomic E-state index is -1.36. The van der Waals surface area contributed by atoms with Crippen LogP contribution in [0.25, 0.3) is 11.3 Å². The Balaban J connectivity index is 1.37. The molecule has 4 aromatic rings. The second-order valence-corrected chi connectivity index (χ2v) is 7.89. The maximum atomic E-state index is 14.8. The number of nitrogens with zero attached hydrogens (tertiary/aromatic N) is 5. The number of hydrogen-bond acceptors (Lipinski definition) is 6. The lowest BCUT2D eigenvalue weighted by molar-refractivity contribution is -0.190. The fourth-order valence-corrected chi connectivity index (χ4v) is 3.85. The van der Waals surface area contributed by atoms with Crippen molar-refractivity contribution in [2.75, 3.05) is 6.61 Å². The van der Waals surface area contributed by atoms with Crippen molar-refractivity contribution < 1.29 is 19.0 Å². The molecule has 1 aliphatic heterocycles. The average Bonchev–Trinajstić information content (AvgIpc) is 3.52. The molecule has 164 valence electrons. The number of aryl methyl sites for hydroxylation is 1. The van der Waals surface area contributed by atoms with E-state index < -0.39 is 11.6 Å². The molecule has 2 atom stereocenters. The molecule has 0 bridgehead atoms. The van der Waals surface area contributed by atoms with Crippen molar-refractivity contribution in [1.82, 2.24) is 24.5 Å². The van der Waals surface area contributed by atoms with E-state index in [1.165, 1.54) is 17.7 Å². The Hall–Kier alpha value is -3.56. The van der Waals surface area contributed by atoms with E-state index >= 15 is 0 Å². The lowest BCUT2D eigenvalue weighted by Crippen LogP contribution is -2.35. The van der Waals surface area contributed by atoms with Gasteiger partial charge in [0.05, 0.1) is 32.2 Å². The van der Waals surface area contributed by atoms with Gasteiger partial charge in [0.25, 0.3) is 0 Å². The predicted molar refractivity (Wildman–Crippen MR) is 113 cm³/mol. The first-order valence-electron chi connectivity index (χ1n) is 10.2. The number of rotatable bonds is 6. The Morgan fingerprint density at radius 3 is 2.81 bits per heavy atom. The van der Waals surface area contributed by atoms with Crippen LogP contribution < -0.4 is 0 Å². The van der Waals surface area contributed by atoms with E-state index in [1.807, 2.05) is 37.4 Å².